The first-order valence-electron chi connectivity index (χ1n) is 6.35. The number of anilines is 2. The summed E-state index contributed by atoms with van der Waals surface area (Å²) in [4.78, 5) is 10.7. The monoisotopic (exact) mass is 327 g/mol. The maximum Gasteiger partial charge on any atom is 0.404 e. The number of benzene rings is 1. The Morgan fingerprint density at radius 3 is 2.79 bits per heavy atom. The van der Waals surface area contributed by atoms with Crippen molar-refractivity contribution in [2.45, 2.75) is 37.8 Å². The van der Waals surface area contributed by atoms with Crippen molar-refractivity contribution in [3.05, 3.63) is 22.7 Å². The van der Waals surface area contributed by atoms with Gasteiger partial charge < -0.3 is 21.5 Å². The van der Waals surface area contributed by atoms with Crippen molar-refractivity contribution in [3.63, 3.8) is 0 Å². The summed E-state index contributed by atoms with van der Waals surface area (Å²) in [5.41, 5.74) is 7.56. The molecule has 5 N–H and O–H groups in total. The van der Waals surface area contributed by atoms with Gasteiger partial charge in [0.25, 0.3) is 0 Å². The van der Waals surface area contributed by atoms with Crippen LogP contribution in [0.25, 0.3) is 0 Å². The van der Waals surface area contributed by atoms with Crippen molar-refractivity contribution in [3.8, 4) is 0 Å². The van der Waals surface area contributed by atoms with Gasteiger partial charge in [-0.15, -0.1) is 0 Å². The van der Waals surface area contributed by atoms with Gasteiger partial charge in [-0.2, -0.15) is 0 Å². The van der Waals surface area contributed by atoms with Gasteiger partial charge in [-0.3, -0.25) is 0 Å². The van der Waals surface area contributed by atoms with Crippen molar-refractivity contribution in [2.75, 3.05) is 11.1 Å². The molecule has 104 valence electrons. The van der Waals surface area contributed by atoms with Crippen LogP contribution in [0.15, 0.2) is 22.7 Å². The molecule has 0 radical (unpaired) electrons. The SMILES string of the molecule is Nc1cc(Br)ccc1N[C@H]1CCC[C@@H](NC(=O)O)C1. The molecular formula is C13H18BrN3O2. The van der Waals surface area contributed by atoms with E-state index in [0.717, 1.165) is 35.8 Å². The van der Waals surface area contributed by atoms with Crippen LogP contribution >= 0.6 is 15.9 Å². The molecule has 19 heavy (non-hydrogen) atoms. The Balaban J connectivity index is 1.96. The Morgan fingerprint density at radius 1 is 1.37 bits per heavy atom. The average Bonchev–Trinajstić information content (AvgIpc) is 2.32. The van der Waals surface area contributed by atoms with Crippen LogP contribution in [0.5, 0.6) is 0 Å². The first-order valence-corrected chi connectivity index (χ1v) is 7.15. The van der Waals surface area contributed by atoms with Gasteiger partial charge in [0.2, 0.25) is 0 Å². The Morgan fingerprint density at radius 2 is 2.11 bits per heavy atom. The predicted molar refractivity (Wildman–Crippen MR) is 79.4 cm³/mol. The second-order valence-corrected chi connectivity index (χ2v) is 5.80. The molecule has 0 heterocycles. The molecule has 1 fully saturated rings. The second-order valence-electron chi connectivity index (χ2n) is 4.89. The smallest absolute Gasteiger partial charge is 0.404 e. The van der Waals surface area contributed by atoms with Gasteiger partial charge in [0.05, 0.1) is 11.4 Å². The fraction of sp³-hybridized carbons (Fsp3) is 0.462. The van der Waals surface area contributed by atoms with E-state index in [9.17, 15) is 4.79 Å². The molecule has 2 atom stereocenters. The standard InChI is InChI=1S/C13H18BrN3O2/c14-8-4-5-12(11(15)6-8)16-9-2-1-3-10(7-9)17-13(18)19/h4-6,9-10,16-17H,1-3,7,15H2,(H,18,19)/t9-,10+/m0/s1. The zero-order valence-electron chi connectivity index (χ0n) is 10.5. The van der Waals surface area contributed by atoms with Crippen molar-refractivity contribution < 1.29 is 9.90 Å². The Hall–Kier alpha value is -1.43. The lowest BCUT2D eigenvalue weighted by molar-refractivity contribution is 0.185. The molecule has 1 amide bonds. The number of nitrogens with one attached hydrogen (secondary N) is 2. The van der Waals surface area contributed by atoms with E-state index in [1.165, 1.54) is 0 Å². The summed E-state index contributed by atoms with van der Waals surface area (Å²) in [6, 6.07) is 6.02. The van der Waals surface area contributed by atoms with Crippen LogP contribution in [0.3, 0.4) is 0 Å². The number of amides is 1. The average molecular weight is 328 g/mol. The molecule has 0 aliphatic heterocycles. The number of halogens is 1. The molecule has 0 aromatic heterocycles. The van der Waals surface area contributed by atoms with E-state index >= 15 is 0 Å². The highest BCUT2D eigenvalue weighted by molar-refractivity contribution is 9.10. The zero-order valence-corrected chi connectivity index (χ0v) is 12.1. The van der Waals surface area contributed by atoms with E-state index in [4.69, 9.17) is 10.8 Å². The van der Waals surface area contributed by atoms with Crippen LogP contribution in [-0.4, -0.2) is 23.3 Å². The third-order valence-corrected chi connectivity index (χ3v) is 3.87. The highest BCUT2D eigenvalue weighted by atomic mass is 79.9. The van der Waals surface area contributed by atoms with Gasteiger partial charge in [0.15, 0.2) is 0 Å². The lowest BCUT2D eigenvalue weighted by atomic mass is 9.91. The quantitative estimate of drug-likeness (QED) is 0.642. The molecule has 5 nitrogen and oxygen atoms in total. The normalized spacial score (nSPS) is 22.8. The molecule has 2 rings (SSSR count). The summed E-state index contributed by atoms with van der Waals surface area (Å²) in [7, 11) is 0. The number of carboxylic acid groups (broad SMARTS) is 1. The molecule has 0 saturated heterocycles. The van der Waals surface area contributed by atoms with Gasteiger partial charge in [-0.1, -0.05) is 15.9 Å². The highest BCUT2D eigenvalue weighted by Crippen LogP contribution is 2.27. The predicted octanol–water partition coefficient (Wildman–Crippen LogP) is 3.02. The summed E-state index contributed by atoms with van der Waals surface area (Å²) in [5, 5.41) is 14.7. The van der Waals surface area contributed by atoms with Crippen molar-refractivity contribution in [1.29, 1.82) is 0 Å². The maximum atomic E-state index is 10.7. The number of hydrogen-bond acceptors (Lipinski definition) is 3. The topological polar surface area (TPSA) is 87.4 Å². The van der Waals surface area contributed by atoms with E-state index in [2.05, 4.69) is 26.6 Å². The number of nitrogens with two attached hydrogens (primary N) is 1. The van der Waals surface area contributed by atoms with E-state index < -0.39 is 6.09 Å². The van der Waals surface area contributed by atoms with Gasteiger partial charge in [-0.25, -0.2) is 4.79 Å². The van der Waals surface area contributed by atoms with Crippen LogP contribution in [0, 0.1) is 0 Å². The summed E-state index contributed by atoms with van der Waals surface area (Å²) < 4.78 is 0.949. The van der Waals surface area contributed by atoms with Crippen LogP contribution in [-0.2, 0) is 0 Å². The Bertz CT molecular complexity index is 467. The third-order valence-electron chi connectivity index (χ3n) is 3.38. The molecule has 1 saturated carbocycles. The van der Waals surface area contributed by atoms with Gasteiger partial charge in [0, 0.05) is 16.6 Å². The van der Waals surface area contributed by atoms with E-state index in [1.54, 1.807) is 0 Å². The van der Waals surface area contributed by atoms with E-state index in [0.29, 0.717) is 5.69 Å². The van der Waals surface area contributed by atoms with E-state index in [1.807, 2.05) is 18.2 Å². The fourth-order valence-corrected chi connectivity index (χ4v) is 2.89. The minimum atomic E-state index is -0.950. The molecule has 0 unspecified atom stereocenters. The molecule has 1 aromatic carbocycles. The minimum absolute atomic E-state index is 0.0282. The maximum absolute atomic E-state index is 10.7. The van der Waals surface area contributed by atoms with Gasteiger partial charge in [-0.05, 0) is 43.9 Å². The first kappa shape index (κ1) is 14.0. The van der Waals surface area contributed by atoms with Crippen LogP contribution in [0.2, 0.25) is 0 Å². The summed E-state index contributed by atoms with van der Waals surface area (Å²) in [5.74, 6) is 0. The number of hydrogen-bond donors (Lipinski definition) is 4. The van der Waals surface area contributed by atoms with Gasteiger partial charge in [0.1, 0.15) is 0 Å². The highest BCUT2D eigenvalue weighted by Gasteiger charge is 2.23. The molecule has 6 heteroatoms. The molecule has 1 aliphatic carbocycles. The fourth-order valence-electron chi connectivity index (χ4n) is 2.51. The number of rotatable bonds is 3. The van der Waals surface area contributed by atoms with Crippen LogP contribution < -0.4 is 16.4 Å². The van der Waals surface area contributed by atoms with Gasteiger partial charge >= 0.3 is 6.09 Å². The van der Waals surface area contributed by atoms with Crippen LogP contribution in [0.4, 0.5) is 16.2 Å². The number of nitrogen functional groups attached to an aromatic ring is 1. The molecule has 1 aromatic rings. The summed E-state index contributed by atoms with van der Waals surface area (Å²) in [6.07, 6.45) is 2.79. The molecular weight excluding hydrogens is 310 g/mol. The Labute approximate surface area is 120 Å². The molecule has 1 aliphatic rings. The van der Waals surface area contributed by atoms with Crippen molar-refractivity contribution >= 4 is 33.4 Å². The third kappa shape index (κ3) is 4.02. The zero-order chi connectivity index (χ0) is 13.8. The largest absolute Gasteiger partial charge is 0.465 e. The summed E-state index contributed by atoms with van der Waals surface area (Å²) in [6.45, 7) is 0. The van der Waals surface area contributed by atoms with Crippen molar-refractivity contribution in [1.82, 2.24) is 5.32 Å². The van der Waals surface area contributed by atoms with E-state index in [-0.39, 0.29) is 12.1 Å². The second kappa shape index (κ2) is 6.14. The molecule has 0 spiro atoms. The lowest BCUT2D eigenvalue weighted by Gasteiger charge is -2.30. The Kier molecular flexibility index (Phi) is 4.52. The first-order chi connectivity index (χ1) is 9.04. The molecule has 0 bridgehead atoms. The van der Waals surface area contributed by atoms with Crippen molar-refractivity contribution in [2.24, 2.45) is 0 Å². The number of carbonyl (C=O) groups is 1. The lowest BCUT2D eigenvalue weighted by Crippen LogP contribution is -2.41. The minimum Gasteiger partial charge on any atom is -0.465 e. The van der Waals surface area contributed by atoms with Crippen LogP contribution in [0.1, 0.15) is 25.7 Å². The summed E-state index contributed by atoms with van der Waals surface area (Å²) >= 11 is 3.38.